The van der Waals surface area contributed by atoms with Crippen LogP contribution < -0.4 is 0 Å². The van der Waals surface area contributed by atoms with Gasteiger partial charge in [0.05, 0.1) is 0 Å². The van der Waals surface area contributed by atoms with Crippen LogP contribution in [0.2, 0.25) is 0 Å². The first kappa shape index (κ1) is 19.0. The second-order valence-corrected chi connectivity index (χ2v) is 5.32. The maximum Gasteiger partial charge on any atom is 0.460 e. The number of hydrogen-bond acceptors (Lipinski definition) is 1. The molecule has 0 radical (unpaired) electrons. The summed E-state index contributed by atoms with van der Waals surface area (Å²) >= 11 is 0. The fraction of sp³-hybridized carbons (Fsp3) is 0.235. The van der Waals surface area contributed by atoms with E-state index in [1.54, 1.807) is 30.3 Å². The van der Waals surface area contributed by atoms with E-state index in [1.165, 1.54) is 13.0 Å². The summed E-state index contributed by atoms with van der Waals surface area (Å²) in [5, 5.41) is 0. The van der Waals surface area contributed by atoms with E-state index in [4.69, 9.17) is 0 Å². The lowest BCUT2D eigenvalue weighted by Gasteiger charge is -2.27. The highest BCUT2D eigenvalue weighted by Crippen LogP contribution is 2.48. The first-order valence-corrected chi connectivity index (χ1v) is 6.93. The third-order valence-electron chi connectivity index (χ3n) is 3.70. The molecule has 2 aromatic carbocycles. The van der Waals surface area contributed by atoms with E-state index in [9.17, 15) is 35.5 Å². The van der Waals surface area contributed by atoms with E-state index in [0.717, 1.165) is 12.1 Å². The normalized spacial score (nSPS) is 13.0. The molecule has 2 aromatic rings. The van der Waals surface area contributed by atoms with Crippen LogP contribution in [0.1, 0.15) is 15.9 Å². The molecule has 25 heavy (non-hydrogen) atoms. The summed E-state index contributed by atoms with van der Waals surface area (Å²) in [4.78, 5) is 11.8. The summed E-state index contributed by atoms with van der Waals surface area (Å²) in [5.41, 5.74) is -0.232. The number of Topliss-reactive ketones (excluding diaryl/α,β-unsaturated/α-hetero) is 1. The standard InChI is InChI=1S/C17H11F7O/c1-10-12(11-6-3-2-4-7-11)8-5-9-13(10)14(25)15(18,19)16(20,21)17(22,23)24/h2-9H,1H3. The first-order valence-electron chi connectivity index (χ1n) is 6.93. The molecular weight excluding hydrogens is 353 g/mol. The van der Waals surface area contributed by atoms with Gasteiger partial charge in [-0.25, -0.2) is 0 Å². The summed E-state index contributed by atoms with van der Waals surface area (Å²) in [6, 6.07) is 11.5. The summed E-state index contributed by atoms with van der Waals surface area (Å²) in [7, 11) is 0. The monoisotopic (exact) mass is 364 g/mol. The van der Waals surface area contributed by atoms with Crippen molar-refractivity contribution < 1.29 is 35.5 Å². The highest BCUT2D eigenvalue weighted by molar-refractivity contribution is 6.04. The molecule has 0 aromatic heterocycles. The predicted octanol–water partition coefficient (Wildman–Crippen LogP) is 5.68. The number of benzene rings is 2. The molecule has 0 aliphatic rings. The summed E-state index contributed by atoms with van der Waals surface area (Å²) < 4.78 is 90.4. The fourth-order valence-corrected chi connectivity index (χ4v) is 2.30. The van der Waals surface area contributed by atoms with E-state index in [1.807, 2.05) is 0 Å². The predicted molar refractivity (Wildman–Crippen MR) is 76.9 cm³/mol. The molecule has 0 heterocycles. The Balaban J connectivity index is 2.54. The topological polar surface area (TPSA) is 17.1 Å². The largest absolute Gasteiger partial charge is 0.460 e. The molecule has 0 bridgehead atoms. The van der Waals surface area contributed by atoms with Crippen molar-refractivity contribution in [2.24, 2.45) is 0 Å². The fourth-order valence-electron chi connectivity index (χ4n) is 2.30. The van der Waals surface area contributed by atoms with Gasteiger partial charge in [-0.1, -0.05) is 48.5 Å². The number of carbonyl (C=O) groups is 1. The molecule has 2 rings (SSSR count). The molecule has 1 nitrogen and oxygen atoms in total. The minimum absolute atomic E-state index is 0.114. The van der Waals surface area contributed by atoms with Crippen molar-refractivity contribution >= 4 is 5.78 Å². The minimum atomic E-state index is -6.56. The summed E-state index contributed by atoms with van der Waals surface area (Å²) in [5.74, 6) is -15.0. The third kappa shape index (κ3) is 3.12. The molecule has 0 atom stereocenters. The van der Waals surface area contributed by atoms with Crippen LogP contribution in [-0.2, 0) is 0 Å². The minimum Gasteiger partial charge on any atom is -0.287 e. The van der Waals surface area contributed by atoms with Crippen LogP contribution in [0, 0.1) is 6.92 Å². The van der Waals surface area contributed by atoms with Crippen LogP contribution in [-0.4, -0.2) is 23.8 Å². The smallest absolute Gasteiger partial charge is 0.287 e. The second-order valence-electron chi connectivity index (χ2n) is 5.32. The Kier molecular flexibility index (Phi) is 4.67. The van der Waals surface area contributed by atoms with E-state index >= 15 is 0 Å². The van der Waals surface area contributed by atoms with Crippen LogP contribution in [0.25, 0.3) is 11.1 Å². The molecule has 0 aliphatic heterocycles. The number of alkyl halides is 7. The first-order chi connectivity index (χ1) is 11.4. The average molecular weight is 364 g/mol. The molecule has 0 N–H and O–H groups in total. The molecule has 134 valence electrons. The molecular formula is C17H11F7O. The molecule has 0 unspecified atom stereocenters. The van der Waals surface area contributed by atoms with E-state index in [2.05, 4.69) is 0 Å². The van der Waals surface area contributed by atoms with Gasteiger partial charge in [0.15, 0.2) is 0 Å². The van der Waals surface area contributed by atoms with Gasteiger partial charge in [-0.15, -0.1) is 0 Å². The SMILES string of the molecule is Cc1c(C(=O)C(F)(F)C(F)(F)C(F)(F)F)cccc1-c1ccccc1. The van der Waals surface area contributed by atoms with Gasteiger partial charge in [-0.05, 0) is 23.6 Å². The Hall–Kier alpha value is -2.38. The van der Waals surface area contributed by atoms with E-state index < -0.39 is 29.4 Å². The lowest BCUT2D eigenvalue weighted by Crippen LogP contribution is -2.56. The maximum atomic E-state index is 13.7. The van der Waals surface area contributed by atoms with Gasteiger partial charge in [-0.2, -0.15) is 30.7 Å². The van der Waals surface area contributed by atoms with Gasteiger partial charge in [-0.3, -0.25) is 4.79 Å². The lowest BCUT2D eigenvalue weighted by molar-refractivity contribution is -0.339. The van der Waals surface area contributed by atoms with Crippen molar-refractivity contribution in [3.05, 3.63) is 59.7 Å². The molecule has 0 saturated carbocycles. The average Bonchev–Trinajstić information content (AvgIpc) is 2.54. The van der Waals surface area contributed by atoms with Gasteiger partial charge < -0.3 is 0 Å². The Morgan fingerprint density at radius 3 is 1.88 bits per heavy atom. The van der Waals surface area contributed by atoms with Crippen molar-refractivity contribution in [1.29, 1.82) is 0 Å². The number of hydrogen-bond donors (Lipinski definition) is 0. The highest BCUT2D eigenvalue weighted by atomic mass is 19.4. The maximum absolute atomic E-state index is 13.7. The van der Waals surface area contributed by atoms with Gasteiger partial charge in [0, 0.05) is 5.56 Å². The molecule has 0 saturated heterocycles. The van der Waals surface area contributed by atoms with Crippen molar-refractivity contribution in [1.82, 2.24) is 0 Å². The Labute approximate surface area is 138 Å². The number of rotatable bonds is 4. The molecule has 0 fully saturated rings. The van der Waals surface area contributed by atoms with Crippen molar-refractivity contribution in [3.63, 3.8) is 0 Å². The van der Waals surface area contributed by atoms with E-state index in [-0.39, 0.29) is 11.1 Å². The molecule has 0 aliphatic carbocycles. The molecule has 0 spiro atoms. The number of ketones is 1. The van der Waals surface area contributed by atoms with Gasteiger partial charge in [0.1, 0.15) is 0 Å². The van der Waals surface area contributed by atoms with Gasteiger partial charge >= 0.3 is 18.0 Å². The summed E-state index contributed by atoms with van der Waals surface area (Å²) in [6.45, 7) is 1.21. The van der Waals surface area contributed by atoms with Gasteiger partial charge in [0.2, 0.25) is 5.78 Å². The summed E-state index contributed by atoms with van der Waals surface area (Å²) in [6.07, 6.45) is -6.56. The number of carbonyl (C=O) groups excluding carboxylic acids is 1. The van der Waals surface area contributed by atoms with Crippen LogP contribution in [0.3, 0.4) is 0 Å². The second kappa shape index (κ2) is 6.16. The quantitative estimate of drug-likeness (QED) is 0.504. The zero-order valence-electron chi connectivity index (χ0n) is 12.7. The van der Waals surface area contributed by atoms with Crippen molar-refractivity contribution in [2.45, 2.75) is 24.9 Å². The Bertz CT molecular complexity index is 779. The van der Waals surface area contributed by atoms with Crippen molar-refractivity contribution in [2.75, 3.05) is 0 Å². The molecule has 0 amide bonds. The van der Waals surface area contributed by atoms with Crippen LogP contribution in [0.4, 0.5) is 30.7 Å². The zero-order chi connectivity index (χ0) is 19.0. The molecule has 8 heteroatoms. The van der Waals surface area contributed by atoms with Crippen LogP contribution in [0.5, 0.6) is 0 Å². The van der Waals surface area contributed by atoms with Crippen LogP contribution >= 0.6 is 0 Å². The van der Waals surface area contributed by atoms with Gasteiger partial charge in [0.25, 0.3) is 0 Å². The lowest BCUT2D eigenvalue weighted by atomic mass is 9.91. The number of halogens is 7. The Morgan fingerprint density at radius 2 is 1.36 bits per heavy atom. The Morgan fingerprint density at radius 1 is 0.800 bits per heavy atom. The highest BCUT2D eigenvalue weighted by Gasteiger charge is 2.76. The van der Waals surface area contributed by atoms with Crippen LogP contribution in [0.15, 0.2) is 48.5 Å². The third-order valence-corrected chi connectivity index (χ3v) is 3.70. The van der Waals surface area contributed by atoms with E-state index in [0.29, 0.717) is 5.56 Å². The van der Waals surface area contributed by atoms with Crippen molar-refractivity contribution in [3.8, 4) is 11.1 Å². The zero-order valence-corrected chi connectivity index (χ0v) is 12.7.